The molecular formula is C16H17N5O3. The lowest BCUT2D eigenvalue weighted by molar-refractivity contribution is -0.124. The minimum atomic E-state index is -0.178. The van der Waals surface area contributed by atoms with E-state index < -0.39 is 0 Å². The molecule has 0 aromatic carbocycles. The predicted molar refractivity (Wildman–Crippen MR) is 83.1 cm³/mol. The van der Waals surface area contributed by atoms with E-state index in [4.69, 9.17) is 4.52 Å². The maximum atomic E-state index is 12.8. The first-order chi connectivity index (χ1) is 11.6. The van der Waals surface area contributed by atoms with Gasteiger partial charge >= 0.3 is 0 Å². The van der Waals surface area contributed by atoms with Crippen LogP contribution in [0.15, 0.2) is 29.5 Å². The van der Waals surface area contributed by atoms with Gasteiger partial charge in [-0.05, 0) is 19.3 Å². The van der Waals surface area contributed by atoms with Gasteiger partial charge in [0.1, 0.15) is 18.2 Å². The summed E-state index contributed by atoms with van der Waals surface area (Å²) in [6.45, 7) is 3.39. The molecule has 0 N–H and O–H groups in total. The Hall–Kier alpha value is -2.77. The third-order valence-electron chi connectivity index (χ3n) is 4.87. The average Bonchev–Trinajstić information content (AvgIpc) is 3.22. The Morgan fingerprint density at radius 1 is 1.29 bits per heavy atom. The van der Waals surface area contributed by atoms with Crippen molar-refractivity contribution in [2.24, 2.45) is 11.8 Å². The highest BCUT2D eigenvalue weighted by Crippen LogP contribution is 2.34. The van der Waals surface area contributed by atoms with Crippen molar-refractivity contribution >= 4 is 17.5 Å². The number of aryl methyl sites for hydroxylation is 1. The maximum Gasteiger partial charge on any atom is 0.259 e. The molecule has 8 nitrogen and oxygen atoms in total. The lowest BCUT2D eigenvalue weighted by Gasteiger charge is -2.33. The molecule has 0 aliphatic carbocycles. The Bertz CT molecular complexity index is 775. The molecule has 0 spiro atoms. The molecule has 2 aromatic heterocycles. The van der Waals surface area contributed by atoms with Crippen LogP contribution in [0.3, 0.4) is 0 Å². The summed E-state index contributed by atoms with van der Waals surface area (Å²) in [6, 6.07) is 0. The van der Waals surface area contributed by atoms with Crippen LogP contribution >= 0.6 is 0 Å². The van der Waals surface area contributed by atoms with E-state index in [9.17, 15) is 9.59 Å². The van der Waals surface area contributed by atoms with Gasteiger partial charge in [0.25, 0.3) is 5.91 Å². The largest absolute Gasteiger partial charge is 0.364 e. The number of nitrogens with zero attached hydrogens (tertiary/aromatic N) is 5. The third kappa shape index (κ3) is 2.34. The van der Waals surface area contributed by atoms with E-state index in [1.165, 1.54) is 12.6 Å². The first-order valence-corrected chi connectivity index (χ1v) is 7.92. The Morgan fingerprint density at radius 3 is 2.79 bits per heavy atom. The fourth-order valence-electron chi connectivity index (χ4n) is 3.57. The minimum absolute atomic E-state index is 0.0402. The summed E-state index contributed by atoms with van der Waals surface area (Å²) in [7, 11) is 0. The normalized spacial score (nSPS) is 23.5. The van der Waals surface area contributed by atoms with Crippen molar-refractivity contribution in [3.8, 4) is 0 Å². The van der Waals surface area contributed by atoms with Crippen LogP contribution in [0.1, 0.15) is 22.5 Å². The zero-order chi connectivity index (χ0) is 16.7. The molecule has 0 radical (unpaired) electrons. The van der Waals surface area contributed by atoms with Gasteiger partial charge in [0.15, 0.2) is 0 Å². The Kier molecular flexibility index (Phi) is 3.51. The van der Waals surface area contributed by atoms with Gasteiger partial charge < -0.3 is 14.3 Å². The summed E-state index contributed by atoms with van der Waals surface area (Å²) in [5, 5.41) is 3.75. The number of hydrogen-bond acceptors (Lipinski definition) is 6. The van der Waals surface area contributed by atoms with E-state index in [2.05, 4.69) is 15.1 Å². The molecule has 4 heterocycles. The monoisotopic (exact) mass is 327 g/mol. The zero-order valence-corrected chi connectivity index (χ0v) is 13.3. The van der Waals surface area contributed by atoms with Gasteiger partial charge in [0.2, 0.25) is 5.91 Å². The number of amides is 2. The number of likely N-dealkylation sites (tertiary alicyclic amines) is 1. The topological polar surface area (TPSA) is 92.4 Å². The summed E-state index contributed by atoms with van der Waals surface area (Å²) in [5.41, 5.74) is 1.75. The number of carbonyl (C=O) groups excluding carboxylic acids is 2. The van der Waals surface area contributed by atoms with Gasteiger partial charge in [-0.3, -0.25) is 9.59 Å². The highest BCUT2D eigenvalue weighted by Gasteiger charge is 2.45. The average molecular weight is 327 g/mol. The SMILES string of the molecule is Cc1nocc1C(=O)N1C[C@H]2CCN(c3cncnc3)C(=O)[C@@H]2C1. The van der Waals surface area contributed by atoms with Gasteiger partial charge in [-0.25, -0.2) is 9.97 Å². The second kappa shape index (κ2) is 5.70. The number of fused-ring (bicyclic) bond motifs is 1. The molecule has 0 saturated carbocycles. The quantitative estimate of drug-likeness (QED) is 0.813. The van der Waals surface area contributed by atoms with Crippen molar-refractivity contribution in [2.75, 3.05) is 24.5 Å². The molecule has 2 amide bonds. The van der Waals surface area contributed by atoms with Crippen LogP contribution < -0.4 is 4.90 Å². The molecule has 8 heteroatoms. The first kappa shape index (κ1) is 14.8. The maximum absolute atomic E-state index is 12.8. The van der Waals surface area contributed by atoms with Crippen molar-refractivity contribution in [3.63, 3.8) is 0 Å². The Morgan fingerprint density at radius 2 is 2.08 bits per heavy atom. The summed E-state index contributed by atoms with van der Waals surface area (Å²) < 4.78 is 4.85. The number of piperidine rings is 1. The van der Waals surface area contributed by atoms with Gasteiger partial charge in [0.05, 0.1) is 29.7 Å². The molecule has 2 fully saturated rings. The molecule has 2 aliphatic heterocycles. The highest BCUT2D eigenvalue weighted by atomic mass is 16.5. The molecule has 0 bridgehead atoms. The van der Waals surface area contributed by atoms with Gasteiger partial charge in [-0.15, -0.1) is 0 Å². The lowest BCUT2D eigenvalue weighted by atomic mass is 9.88. The molecule has 2 aromatic rings. The number of aromatic nitrogens is 3. The van der Waals surface area contributed by atoms with E-state index in [1.54, 1.807) is 29.1 Å². The standard InChI is InChI=1S/C16H17N5O3/c1-10-14(8-24-19-10)15(22)20-6-11-2-3-21(16(23)13(11)7-20)12-4-17-9-18-5-12/h4-5,8-9,11,13H,2-3,6-7H2,1H3/t11-,13-/m1/s1. The van der Waals surface area contributed by atoms with E-state index in [-0.39, 0.29) is 23.7 Å². The van der Waals surface area contributed by atoms with Gasteiger partial charge in [0, 0.05) is 19.6 Å². The smallest absolute Gasteiger partial charge is 0.259 e. The molecule has 2 aliphatic rings. The van der Waals surface area contributed by atoms with Crippen LogP contribution in [-0.4, -0.2) is 51.5 Å². The van der Waals surface area contributed by atoms with Crippen LogP contribution in [0.5, 0.6) is 0 Å². The molecule has 2 saturated heterocycles. The third-order valence-corrected chi connectivity index (χ3v) is 4.87. The number of rotatable bonds is 2. The molecule has 0 unspecified atom stereocenters. The fraction of sp³-hybridized carbons (Fsp3) is 0.438. The summed E-state index contributed by atoms with van der Waals surface area (Å²) in [5.74, 6) is -0.0606. The summed E-state index contributed by atoms with van der Waals surface area (Å²) in [6.07, 6.45) is 6.96. The fourth-order valence-corrected chi connectivity index (χ4v) is 3.57. The van der Waals surface area contributed by atoms with E-state index >= 15 is 0 Å². The highest BCUT2D eigenvalue weighted by molar-refractivity contribution is 5.98. The summed E-state index contributed by atoms with van der Waals surface area (Å²) >= 11 is 0. The Labute approximate surface area is 138 Å². The lowest BCUT2D eigenvalue weighted by Crippen LogP contribution is -2.45. The molecular weight excluding hydrogens is 310 g/mol. The first-order valence-electron chi connectivity index (χ1n) is 7.92. The van der Waals surface area contributed by atoms with Crippen molar-refractivity contribution < 1.29 is 14.1 Å². The minimum Gasteiger partial charge on any atom is -0.364 e. The van der Waals surface area contributed by atoms with Crippen molar-refractivity contribution in [2.45, 2.75) is 13.3 Å². The van der Waals surface area contributed by atoms with Crippen molar-refractivity contribution in [1.29, 1.82) is 0 Å². The summed E-state index contributed by atoms with van der Waals surface area (Å²) in [4.78, 5) is 36.9. The van der Waals surface area contributed by atoms with E-state index in [1.807, 2.05) is 0 Å². The van der Waals surface area contributed by atoms with Crippen LogP contribution in [0.2, 0.25) is 0 Å². The number of hydrogen-bond donors (Lipinski definition) is 0. The van der Waals surface area contributed by atoms with Crippen LogP contribution in [0.25, 0.3) is 0 Å². The van der Waals surface area contributed by atoms with Crippen LogP contribution in [-0.2, 0) is 4.79 Å². The predicted octanol–water partition coefficient (Wildman–Crippen LogP) is 0.898. The number of anilines is 1. The van der Waals surface area contributed by atoms with E-state index in [0.29, 0.717) is 36.6 Å². The van der Waals surface area contributed by atoms with Crippen molar-refractivity contribution in [3.05, 3.63) is 36.2 Å². The molecule has 4 rings (SSSR count). The molecule has 124 valence electrons. The second-order valence-electron chi connectivity index (χ2n) is 6.27. The Balaban J connectivity index is 1.52. The van der Waals surface area contributed by atoms with Gasteiger partial charge in [-0.2, -0.15) is 0 Å². The second-order valence-corrected chi connectivity index (χ2v) is 6.27. The molecule has 24 heavy (non-hydrogen) atoms. The van der Waals surface area contributed by atoms with Crippen LogP contribution in [0.4, 0.5) is 5.69 Å². The van der Waals surface area contributed by atoms with Crippen molar-refractivity contribution in [1.82, 2.24) is 20.0 Å². The molecule has 2 atom stereocenters. The van der Waals surface area contributed by atoms with E-state index in [0.717, 1.165) is 6.42 Å². The van der Waals surface area contributed by atoms with Crippen LogP contribution in [0, 0.1) is 18.8 Å². The number of carbonyl (C=O) groups is 2. The van der Waals surface area contributed by atoms with Gasteiger partial charge in [-0.1, -0.05) is 5.16 Å². The zero-order valence-electron chi connectivity index (χ0n) is 13.3.